The zero-order valence-electron chi connectivity index (χ0n) is 11.8. The van der Waals surface area contributed by atoms with Crippen LogP contribution in [0, 0.1) is 5.82 Å². The molecule has 0 bridgehead atoms. The zero-order valence-corrected chi connectivity index (χ0v) is 12.6. The molecule has 0 spiro atoms. The quantitative estimate of drug-likeness (QED) is 0.945. The van der Waals surface area contributed by atoms with Crippen molar-refractivity contribution in [2.45, 2.75) is 24.2 Å². The van der Waals surface area contributed by atoms with Crippen LogP contribution in [0.25, 0.3) is 11.1 Å². The summed E-state index contributed by atoms with van der Waals surface area (Å²) in [5, 5.41) is 4.99. The molecule has 2 aromatic rings. The monoisotopic (exact) mass is 318 g/mol. The van der Waals surface area contributed by atoms with E-state index < -0.39 is 20.7 Å². The average molecular weight is 318 g/mol. The Kier molecular flexibility index (Phi) is 3.80. The minimum absolute atomic E-state index is 0.474. The second-order valence-corrected chi connectivity index (χ2v) is 6.77. The fraction of sp³-hybridized carbons (Fsp3) is 0.188. The van der Waals surface area contributed by atoms with Gasteiger partial charge in [0, 0.05) is 12.4 Å². The maximum atomic E-state index is 14.0. The third-order valence-corrected chi connectivity index (χ3v) is 4.76. The molecule has 2 N–H and O–H groups in total. The molecule has 4 nitrogen and oxygen atoms in total. The molecule has 1 aromatic heterocycles. The van der Waals surface area contributed by atoms with Gasteiger partial charge in [-0.2, -0.15) is 0 Å². The first-order valence-electron chi connectivity index (χ1n) is 6.92. The van der Waals surface area contributed by atoms with Crippen LogP contribution in [-0.4, -0.2) is 13.4 Å². The molecule has 1 aromatic carbocycles. The van der Waals surface area contributed by atoms with Crippen molar-refractivity contribution in [3.8, 4) is 0 Å². The third kappa shape index (κ3) is 2.80. The van der Waals surface area contributed by atoms with Crippen LogP contribution in [0.15, 0.2) is 47.6 Å². The van der Waals surface area contributed by atoms with Crippen LogP contribution in [0.1, 0.15) is 30.4 Å². The Morgan fingerprint density at radius 3 is 2.41 bits per heavy atom. The molecular formula is C16H15FN2O2S. The van der Waals surface area contributed by atoms with Gasteiger partial charge in [0.15, 0.2) is 0 Å². The highest BCUT2D eigenvalue weighted by molar-refractivity contribution is 7.89. The van der Waals surface area contributed by atoms with Gasteiger partial charge < -0.3 is 0 Å². The maximum Gasteiger partial charge on any atom is 0.240 e. The lowest BCUT2D eigenvalue weighted by Gasteiger charge is -2.09. The fourth-order valence-corrected chi connectivity index (χ4v) is 3.43. The van der Waals surface area contributed by atoms with Gasteiger partial charge >= 0.3 is 0 Å². The first kappa shape index (κ1) is 14.9. The number of allylic oxidation sites excluding steroid dienone is 2. The van der Waals surface area contributed by atoms with Gasteiger partial charge in [-0.1, -0.05) is 12.1 Å². The number of sulfonamides is 1. The van der Waals surface area contributed by atoms with Crippen LogP contribution in [0.5, 0.6) is 0 Å². The van der Waals surface area contributed by atoms with E-state index in [1.165, 1.54) is 12.1 Å². The Hall–Kier alpha value is -2.05. The summed E-state index contributed by atoms with van der Waals surface area (Å²) in [6, 6.07) is 7.93. The second-order valence-electron chi connectivity index (χ2n) is 5.24. The first-order chi connectivity index (χ1) is 10.5. The van der Waals surface area contributed by atoms with Gasteiger partial charge in [0.05, 0.1) is 0 Å². The predicted octanol–water partition coefficient (Wildman–Crippen LogP) is 2.96. The molecule has 1 aliphatic rings. The Bertz CT molecular complexity index is 846. The number of rotatable bonds is 3. The highest BCUT2D eigenvalue weighted by Gasteiger charge is 2.20. The molecule has 0 fully saturated rings. The zero-order chi connectivity index (χ0) is 15.7. The van der Waals surface area contributed by atoms with Gasteiger partial charge in [-0.05, 0) is 59.7 Å². The minimum atomic E-state index is -4.04. The standard InChI is InChI=1S/C16H15FN2O2S/c17-15-9-11(6-7-16(15)22(18,20)21)13-4-1-5-14(13)12-3-2-8-19-10-12/h2-3,6-10H,1,4-5H2,(H2,18,20,21). The lowest BCUT2D eigenvalue weighted by Crippen LogP contribution is -2.14. The summed E-state index contributed by atoms with van der Waals surface area (Å²) >= 11 is 0. The number of hydrogen-bond acceptors (Lipinski definition) is 3. The summed E-state index contributed by atoms with van der Waals surface area (Å²) in [4.78, 5) is 3.64. The summed E-state index contributed by atoms with van der Waals surface area (Å²) in [6.07, 6.45) is 6.21. The maximum absolute atomic E-state index is 14.0. The minimum Gasteiger partial charge on any atom is -0.264 e. The number of halogens is 1. The Labute approximate surface area is 128 Å². The normalized spacial score (nSPS) is 15.4. The summed E-state index contributed by atoms with van der Waals surface area (Å²) < 4.78 is 36.6. The first-order valence-corrected chi connectivity index (χ1v) is 8.46. The van der Waals surface area contributed by atoms with Crippen molar-refractivity contribution < 1.29 is 12.8 Å². The van der Waals surface area contributed by atoms with Crippen molar-refractivity contribution in [1.82, 2.24) is 4.98 Å². The van der Waals surface area contributed by atoms with Gasteiger partial charge in [0.1, 0.15) is 10.7 Å². The topological polar surface area (TPSA) is 73.1 Å². The Morgan fingerprint density at radius 2 is 1.82 bits per heavy atom. The van der Waals surface area contributed by atoms with Crippen LogP contribution in [0.2, 0.25) is 0 Å². The average Bonchev–Trinajstić information content (AvgIpc) is 2.96. The number of primary sulfonamides is 1. The number of benzene rings is 1. The molecule has 0 unspecified atom stereocenters. The molecule has 0 atom stereocenters. The highest BCUT2D eigenvalue weighted by atomic mass is 32.2. The van der Waals surface area contributed by atoms with E-state index in [0.29, 0.717) is 5.56 Å². The molecule has 0 amide bonds. The molecule has 1 aliphatic carbocycles. The van der Waals surface area contributed by atoms with Gasteiger partial charge in [0.2, 0.25) is 10.0 Å². The number of aromatic nitrogens is 1. The number of nitrogens with two attached hydrogens (primary N) is 1. The van der Waals surface area contributed by atoms with Crippen molar-refractivity contribution in [3.63, 3.8) is 0 Å². The highest BCUT2D eigenvalue weighted by Crippen LogP contribution is 2.39. The van der Waals surface area contributed by atoms with E-state index in [0.717, 1.165) is 36.0 Å². The molecule has 0 saturated heterocycles. The lowest BCUT2D eigenvalue weighted by atomic mass is 9.98. The fourth-order valence-electron chi connectivity index (χ4n) is 2.84. The van der Waals surface area contributed by atoms with Crippen molar-refractivity contribution >= 4 is 21.2 Å². The SMILES string of the molecule is NS(=O)(=O)c1ccc(C2=C(c3cccnc3)CCC2)cc1F. The summed E-state index contributed by atoms with van der Waals surface area (Å²) in [6.45, 7) is 0. The second kappa shape index (κ2) is 5.62. The van der Waals surface area contributed by atoms with Gasteiger partial charge in [-0.3, -0.25) is 4.98 Å². The van der Waals surface area contributed by atoms with Gasteiger partial charge in [-0.15, -0.1) is 0 Å². The van der Waals surface area contributed by atoms with E-state index in [-0.39, 0.29) is 0 Å². The summed E-state index contributed by atoms with van der Waals surface area (Å²) in [7, 11) is -4.04. The summed E-state index contributed by atoms with van der Waals surface area (Å²) in [5.74, 6) is -0.815. The third-order valence-electron chi connectivity index (χ3n) is 3.81. The molecule has 3 rings (SSSR count). The lowest BCUT2D eigenvalue weighted by molar-refractivity contribution is 0.568. The molecule has 0 aliphatic heterocycles. The van der Waals surface area contributed by atoms with Crippen molar-refractivity contribution in [3.05, 3.63) is 59.7 Å². The van der Waals surface area contributed by atoms with Crippen LogP contribution in [-0.2, 0) is 10.0 Å². The number of pyridine rings is 1. The molecule has 114 valence electrons. The van der Waals surface area contributed by atoms with E-state index in [9.17, 15) is 12.8 Å². The van der Waals surface area contributed by atoms with E-state index >= 15 is 0 Å². The number of hydrogen-bond donors (Lipinski definition) is 1. The Morgan fingerprint density at radius 1 is 1.09 bits per heavy atom. The molecule has 0 saturated carbocycles. The van der Waals surface area contributed by atoms with E-state index in [1.54, 1.807) is 18.5 Å². The van der Waals surface area contributed by atoms with E-state index in [4.69, 9.17) is 5.14 Å². The van der Waals surface area contributed by atoms with E-state index in [1.807, 2.05) is 12.1 Å². The van der Waals surface area contributed by atoms with Crippen molar-refractivity contribution in [1.29, 1.82) is 0 Å². The smallest absolute Gasteiger partial charge is 0.240 e. The van der Waals surface area contributed by atoms with Crippen LogP contribution >= 0.6 is 0 Å². The largest absolute Gasteiger partial charge is 0.264 e. The van der Waals surface area contributed by atoms with Gasteiger partial charge in [0.25, 0.3) is 0 Å². The number of nitrogens with zero attached hydrogens (tertiary/aromatic N) is 1. The molecule has 1 heterocycles. The van der Waals surface area contributed by atoms with Crippen LogP contribution in [0.4, 0.5) is 4.39 Å². The van der Waals surface area contributed by atoms with Crippen LogP contribution < -0.4 is 5.14 Å². The van der Waals surface area contributed by atoms with Crippen molar-refractivity contribution in [2.24, 2.45) is 5.14 Å². The Balaban J connectivity index is 2.09. The van der Waals surface area contributed by atoms with Crippen molar-refractivity contribution in [2.75, 3.05) is 0 Å². The molecule has 22 heavy (non-hydrogen) atoms. The molecule has 6 heteroatoms. The molecular weight excluding hydrogens is 303 g/mol. The molecule has 0 radical (unpaired) electrons. The summed E-state index contributed by atoms with van der Waals surface area (Å²) in [5.41, 5.74) is 3.89. The van der Waals surface area contributed by atoms with E-state index in [2.05, 4.69) is 4.98 Å². The predicted molar refractivity (Wildman–Crippen MR) is 82.7 cm³/mol. The van der Waals surface area contributed by atoms with Crippen LogP contribution in [0.3, 0.4) is 0 Å². The van der Waals surface area contributed by atoms with Gasteiger partial charge in [-0.25, -0.2) is 17.9 Å².